The van der Waals surface area contributed by atoms with Crippen LogP contribution in [0.3, 0.4) is 0 Å². The van der Waals surface area contributed by atoms with Crippen molar-refractivity contribution in [2.45, 2.75) is 45.2 Å². The number of oxazole rings is 1. The molecule has 0 bridgehead atoms. The standard InChI is InChI=1S/C20H27N3O2/c1-13-14(2)25-20(22-13)15-5-3-6-16(11-15)23-18-8-4-7-17(18)19-12-24-10-9-21-19/h3,5-6,11,17-19,21,23H,4,7-10,12H2,1-2H3. The molecule has 5 nitrogen and oxygen atoms in total. The van der Waals surface area contributed by atoms with Gasteiger partial charge in [0.15, 0.2) is 0 Å². The molecule has 1 aromatic heterocycles. The summed E-state index contributed by atoms with van der Waals surface area (Å²) < 4.78 is 11.4. The number of nitrogens with zero attached hydrogens (tertiary/aromatic N) is 1. The molecule has 5 heteroatoms. The van der Waals surface area contributed by atoms with E-state index in [1.807, 2.05) is 13.8 Å². The highest BCUT2D eigenvalue weighted by Crippen LogP contribution is 2.33. The molecule has 1 aliphatic heterocycles. The second kappa shape index (κ2) is 7.18. The Morgan fingerprint density at radius 2 is 2.16 bits per heavy atom. The summed E-state index contributed by atoms with van der Waals surface area (Å²) in [4.78, 5) is 4.52. The van der Waals surface area contributed by atoms with Crippen molar-refractivity contribution >= 4 is 5.69 Å². The Morgan fingerprint density at radius 3 is 2.92 bits per heavy atom. The van der Waals surface area contributed by atoms with Crippen LogP contribution in [-0.4, -0.2) is 36.8 Å². The fourth-order valence-corrected chi connectivity index (χ4v) is 4.06. The zero-order chi connectivity index (χ0) is 17.2. The fraction of sp³-hybridized carbons (Fsp3) is 0.550. The summed E-state index contributed by atoms with van der Waals surface area (Å²) in [5.74, 6) is 2.20. The molecule has 2 fully saturated rings. The van der Waals surface area contributed by atoms with Gasteiger partial charge in [0.2, 0.25) is 5.89 Å². The van der Waals surface area contributed by atoms with E-state index in [4.69, 9.17) is 9.15 Å². The van der Waals surface area contributed by atoms with E-state index >= 15 is 0 Å². The zero-order valence-corrected chi connectivity index (χ0v) is 15.0. The number of hydrogen-bond acceptors (Lipinski definition) is 5. The molecule has 1 aromatic carbocycles. The lowest BCUT2D eigenvalue weighted by atomic mass is 9.93. The molecule has 3 atom stereocenters. The minimum Gasteiger partial charge on any atom is -0.441 e. The lowest BCUT2D eigenvalue weighted by Gasteiger charge is -2.33. The fourth-order valence-electron chi connectivity index (χ4n) is 4.06. The monoisotopic (exact) mass is 341 g/mol. The molecular formula is C20H27N3O2. The van der Waals surface area contributed by atoms with E-state index in [1.165, 1.54) is 19.3 Å². The van der Waals surface area contributed by atoms with Gasteiger partial charge in [-0.15, -0.1) is 0 Å². The van der Waals surface area contributed by atoms with Crippen molar-refractivity contribution in [2.24, 2.45) is 5.92 Å². The van der Waals surface area contributed by atoms with Crippen molar-refractivity contribution in [3.8, 4) is 11.5 Å². The van der Waals surface area contributed by atoms with Crippen molar-refractivity contribution in [3.05, 3.63) is 35.7 Å². The van der Waals surface area contributed by atoms with Crippen molar-refractivity contribution in [2.75, 3.05) is 25.1 Å². The van der Waals surface area contributed by atoms with Crippen LogP contribution in [0, 0.1) is 19.8 Å². The SMILES string of the molecule is Cc1nc(-c2cccc(NC3CCCC3C3COCCN3)c2)oc1C. The first-order valence-corrected chi connectivity index (χ1v) is 9.33. The zero-order valence-electron chi connectivity index (χ0n) is 15.0. The number of hydrogen-bond donors (Lipinski definition) is 2. The summed E-state index contributed by atoms with van der Waals surface area (Å²) in [6, 6.07) is 9.35. The van der Waals surface area contributed by atoms with E-state index in [2.05, 4.69) is 39.9 Å². The van der Waals surface area contributed by atoms with E-state index < -0.39 is 0 Å². The van der Waals surface area contributed by atoms with Gasteiger partial charge < -0.3 is 19.8 Å². The van der Waals surface area contributed by atoms with Crippen LogP contribution in [0.1, 0.15) is 30.7 Å². The van der Waals surface area contributed by atoms with Gasteiger partial charge in [-0.1, -0.05) is 12.5 Å². The Kier molecular flexibility index (Phi) is 4.77. The minimum absolute atomic E-state index is 0.467. The van der Waals surface area contributed by atoms with Gasteiger partial charge in [-0.25, -0.2) is 4.98 Å². The predicted octanol–water partition coefficient (Wildman–Crippen LogP) is 3.53. The van der Waals surface area contributed by atoms with Gasteiger partial charge in [0.25, 0.3) is 0 Å². The van der Waals surface area contributed by atoms with Gasteiger partial charge in [0.1, 0.15) is 5.76 Å². The number of rotatable bonds is 4. The summed E-state index contributed by atoms with van der Waals surface area (Å²) in [5, 5.41) is 7.39. The van der Waals surface area contributed by atoms with E-state index in [9.17, 15) is 0 Å². The molecular weight excluding hydrogens is 314 g/mol. The normalized spacial score (nSPS) is 26.7. The van der Waals surface area contributed by atoms with Gasteiger partial charge in [-0.05, 0) is 50.8 Å². The second-order valence-corrected chi connectivity index (χ2v) is 7.22. The predicted molar refractivity (Wildman–Crippen MR) is 98.8 cm³/mol. The third-order valence-electron chi connectivity index (χ3n) is 5.53. The highest BCUT2D eigenvalue weighted by atomic mass is 16.5. The molecule has 134 valence electrons. The number of aryl methyl sites for hydroxylation is 2. The van der Waals surface area contributed by atoms with Gasteiger partial charge in [0, 0.05) is 29.9 Å². The molecule has 0 radical (unpaired) electrons. The van der Waals surface area contributed by atoms with Crippen molar-refractivity contribution in [3.63, 3.8) is 0 Å². The highest BCUT2D eigenvalue weighted by Gasteiger charge is 2.34. The summed E-state index contributed by atoms with van der Waals surface area (Å²) in [6.45, 7) is 6.56. The molecule has 0 amide bonds. The lowest BCUT2D eigenvalue weighted by Crippen LogP contribution is -2.49. The van der Waals surface area contributed by atoms with Crippen molar-refractivity contribution in [1.82, 2.24) is 10.3 Å². The van der Waals surface area contributed by atoms with E-state index in [-0.39, 0.29) is 0 Å². The maximum absolute atomic E-state index is 5.78. The molecule has 1 saturated carbocycles. The molecule has 2 N–H and O–H groups in total. The van der Waals surface area contributed by atoms with Crippen LogP contribution in [0.25, 0.3) is 11.5 Å². The average molecular weight is 341 g/mol. The van der Waals surface area contributed by atoms with Crippen LogP contribution < -0.4 is 10.6 Å². The maximum Gasteiger partial charge on any atom is 0.226 e. The molecule has 1 saturated heterocycles. The van der Waals surface area contributed by atoms with Gasteiger partial charge in [-0.3, -0.25) is 0 Å². The molecule has 0 spiro atoms. The number of anilines is 1. The molecule has 1 aliphatic carbocycles. The molecule has 2 heterocycles. The quantitative estimate of drug-likeness (QED) is 0.891. The van der Waals surface area contributed by atoms with E-state index in [0.29, 0.717) is 23.9 Å². The Balaban J connectivity index is 1.49. The van der Waals surface area contributed by atoms with Crippen molar-refractivity contribution < 1.29 is 9.15 Å². The molecule has 2 aliphatic rings. The Labute approximate surface area is 149 Å². The molecule has 2 aromatic rings. The first kappa shape index (κ1) is 16.6. The summed E-state index contributed by atoms with van der Waals surface area (Å²) >= 11 is 0. The van der Waals surface area contributed by atoms with Crippen LogP contribution >= 0.6 is 0 Å². The van der Waals surface area contributed by atoms with E-state index in [0.717, 1.165) is 42.5 Å². The van der Waals surface area contributed by atoms with Crippen LogP contribution in [0.4, 0.5) is 5.69 Å². The minimum atomic E-state index is 0.467. The first-order valence-electron chi connectivity index (χ1n) is 9.33. The number of nitrogens with one attached hydrogen (secondary N) is 2. The number of morpholine rings is 1. The van der Waals surface area contributed by atoms with Crippen LogP contribution in [-0.2, 0) is 4.74 Å². The van der Waals surface area contributed by atoms with Crippen LogP contribution in [0.15, 0.2) is 28.7 Å². The maximum atomic E-state index is 5.78. The first-order chi connectivity index (χ1) is 12.2. The Morgan fingerprint density at radius 1 is 1.24 bits per heavy atom. The van der Waals surface area contributed by atoms with Crippen LogP contribution in [0.2, 0.25) is 0 Å². The smallest absolute Gasteiger partial charge is 0.226 e. The number of benzene rings is 1. The number of aromatic nitrogens is 1. The number of ether oxygens (including phenoxy) is 1. The Bertz CT molecular complexity index is 702. The topological polar surface area (TPSA) is 59.3 Å². The highest BCUT2D eigenvalue weighted by molar-refractivity contribution is 5.62. The molecule has 25 heavy (non-hydrogen) atoms. The Hall–Kier alpha value is -1.85. The van der Waals surface area contributed by atoms with Gasteiger partial charge >= 0.3 is 0 Å². The van der Waals surface area contributed by atoms with Crippen LogP contribution in [0.5, 0.6) is 0 Å². The van der Waals surface area contributed by atoms with Gasteiger partial charge in [-0.2, -0.15) is 0 Å². The second-order valence-electron chi connectivity index (χ2n) is 7.22. The van der Waals surface area contributed by atoms with Gasteiger partial charge in [0.05, 0.1) is 18.9 Å². The summed E-state index contributed by atoms with van der Waals surface area (Å²) in [5.41, 5.74) is 3.11. The third kappa shape index (κ3) is 3.58. The van der Waals surface area contributed by atoms with E-state index in [1.54, 1.807) is 0 Å². The average Bonchev–Trinajstić information content (AvgIpc) is 3.23. The summed E-state index contributed by atoms with van der Waals surface area (Å²) in [7, 11) is 0. The molecule has 3 unspecified atom stereocenters. The molecule has 4 rings (SSSR count). The lowest BCUT2D eigenvalue weighted by molar-refractivity contribution is 0.0559. The third-order valence-corrected chi connectivity index (χ3v) is 5.53. The summed E-state index contributed by atoms with van der Waals surface area (Å²) in [6.07, 6.45) is 3.75. The largest absolute Gasteiger partial charge is 0.441 e. The van der Waals surface area contributed by atoms with Crippen molar-refractivity contribution in [1.29, 1.82) is 0 Å².